The first-order valence-electron chi connectivity index (χ1n) is 7.72. The molecule has 1 atom stereocenters. The van der Waals surface area contributed by atoms with E-state index < -0.39 is 0 Å². The van der Waals surface area contributed by atoms with Crippen LogP contribution in [0.25, 0.3) is 11.3 Å². The highest BCUT2D eigenvalue weighted by molar-refractivity contribution is 6.30. The molecule has 4 rings (SSSR count). The predicted octanol–water partition coefficient (Wildman–Crippen LogP) is 4.90. The molecule has 4 heteroatoms. The molecule has 3 aromatic rings. The van der Waals surface area contributed by atoms with E-state index in [1.54, 1.807) is 6.33 Å². The Bertz CT molecular complexity index is 847. The third kappa shape index (κ3) is 2.92. The van der Waals surface area contributed by atoms with Crippen molar-refractivity contribution < 1.29 is 0 Å². The Labute approximate surface area is 140 Å². The summed E-state index contributed by atoms with van der Waals surface area (Å²) in [4.78, 5) is 8.87. The number of halogens is 1. The zero-order valence-corrected chi connectivity index (χ0v) is 13.3. The molecule has 1 aliphatic heterocycles. The van der Waals surface area contributed by atoms with Gasteiger partial charge < -0.3 is 5.32 Å². The van der Waals surface area contributed by atoms with E-state index in [0.29, 0.717) is 5.02 Å². The maximum Gasteiger partial charge on any atom is 0.116 e. The summed E-state index contributed by atoms with van der Waals surface area (Å²) < 4.78 is 0. The van der Waals surface area contributed by atoms with Crippen LogP contribution < -0.4 is 5.32 Å². The number of nitrogens with one attached hydrogen (secondary N) is 1. The minimum atomic E-state index is 0.214. The van der Waals surface area contributed by atoms with Gasteiger partial charge in [0.25, 0.3) is 0 Å². The first-order chi connectivity index (χ1) is 11.3. The largest absolute Gasteiger partial charge is 0.376 e. The van der Waals surface area contributed by atoms with Crippen molar-refractivity contribution >= 4 is 17.3 Å². The minimum absolute atomic E-state index is 0.214. The summed E-state index contributed by atoms with van der Waals surface area (Å²) >= 11 is 6.08. The summed E-state index contributed by atoms with van der Waals surface area (Å²) in [5, 5.41) is 4.30. The maximum absolute atomic E-state index is 6.08. The Kier molecular flexibility index (Phi) is 3.72. The van der Waals surface area contributed by atoms with Crippen molar-refractivity contribution in [1.29, 1.82) is 0 Å². The van der Waals surface area contributed by atoms with Crippen LogP contribution in [0.2, 0.25) is 5.02 Å². The SMILES string of the molecule is Clc1cccc(-c2cc(C3CCc4ccccc4N3)ncn2)c1. The van der Waals surface area contributed by atoms with Gasteiger partial charge in [-0.05, 0) is 42.7 Å². The first-order valence-corrected chi connectivity index (χ1v) is 8.10. The molecule has 1 N–H and O–H groups in total. The highest BCUT2D eigenvalue weighted by Gasteiger charge is 2.20. The fraction of sp³-hybridized carbons (Fsp3) is 0.158. The average Bonchev–Trinajstić information content (AvgIpc) is 2.61. The molecule has 3 nitrogen and oxygen atoms in total. The number of hydrogen-bond donors (Lipinski definition) is 1. The van der Waals surface area contributed by atoms with Gasteiger partial charge in [-0.3, -0.25) is 0 Å². The number of rotatable bonds is 2. The van der Waals surface area contributed by atoms with Crippen LogP contribution in [0, 0.1) is 0 Å². The Morgan fingerprint density at radius 3 is 2.83 bits per heavy atom. The molecule has 0 radical (unpaired) electrons. The fourth-order valence-electron chi connectivity index (χ4n) is 3.03. The molecule has 114 valence electrons. The zero-order valence-electron chi connectivity index (χ0n) is 12.5. The summed E-state index contributed by atoms with van der Waals surface area (Å²) in [6, 6.07) is 18.5. The van der Waals surface area contributed by atoms with Crippen molar-refractivity contribution in [2.24, 2.45) is 0 Å². The molecule has 0 saturated heterocycles. The molecule has 0 aliphatic carbocycles. The van der Waals surface area contributed by atoms with Crippen LogP contribution in [-0.2, 0) is 6.42 Å². The van der Waals surface area contributed by atoms with Gasteiger partial charge in [-0.25, -0.2) is 9.97 Å². The van der Waals surface area contributed by atoms with E-state index in [2.05, 4.69) is 45.6 Å². The Balaban J connectivity index is 1.65. The second-order valence-corrected chi connectivity index (χ2v) is 6.17. The Hall–Kier alpha value is -2.39. The summed E-state index contributed by atoms with van der Waals surface area (Å²) in [6.07, 6.45) is 3.72. The van der Waals surface area contributed by atoms with Gasteiger partial charge in [-0.1, -0.05) is 41.9 Å². The Morgan fingerprint density at radius 1 is 1.00 bits per heavy atom. The number of benzene rings is 2. The van der Waals surface area contributed by atoms with Crippen LogP contribution in [-0.4, -0.2) is 9.97 Å². The number of hydrogen-bond acceptors (Lipinski definition) is 3. The molecule has 1 aliphatic rings. The Morgan fingerprint density at radius 2 is 1.91 bits per heavy atom. The normalized spacial score (nSPS) is 16.5. The fourth-order valence-corrected chi connectivity index (χ4v) is 3.22. The second-order valence-electron chi connectivity index (χ2n) is 5.73. The maximum atomic E-state index is 6.08. The van der Waals surface area contributed by atoms with E-state index >= 15 is 0 Å². The van der Waals surface area contributed by atoms with E-state index in [9.17, 15) is 0 Å². The predicted molar refractivity (Wildman–Crippen MR) is 93.6 cm³/mol. The summed E-state index contributed by atoms with van der Waals surface area (Å²) in [5.74, 6) is 0. The van der Waals surface area contributed by atoms with Gasteiger partial charge in [0.15, 0.2) is 0 Å². The van der Waals surface area contributed by atoms with E-state index in [-0.39, 0.29) is 6.04 Å². The molecular weight excluding hydrogens is 306 g/mol. The van der Waals surface area contributed by atoms with E-state index in [0.717, 1.165) is 29.8 Å². The highest BCUT2D eigenvalue weighted by Crippen LogP contribution is 2.32. The summed E-state index contributed by atoms with van der Waals surface area (Å²) in [7, 11) is 0. The van der Waals surface area contributed by atoms with Gasteiger partial charge in [0.05, 0.1) is 17.4 Å². The molecule has 1 unspecified atom stereocenters. The molecule has 0 saturated carbocycles. The average molecular weight is 322 g/mol. The van der Waals surface area contributed by atoms with Crippen LogP contribution in [0.1, 0.15) is 23.7 Å². The number of aryl methyl sites for hydroxylation is 1. The van der Waals surface area contributed by atoms with Crippen LogP contribution >= 0.6 is 11.6 Å². The van der Waals surface area contributed by atoms with Crippen LogP contribution in [0.4, 0.5) is 5.69 Å². The van der Waals surface area contributed by atoms with Crippen LogP contribution in [0.5, 0.6) is 0 Å². The number of aromatic nitrogens is 2. The summed E-state index contributed by atoms with van der Waals surface area (Å²) in [6.45, 7) is 0. The zero-order chi connectivity index (χ0) is 15.6. The number of fused-ring (bicyclic) bond motifs is 1. The molecular formula is C19H16ClN3. The lowest BCUT2D eigenvalue weighted by Gasteiger charge is -2.26. The van der Waals surface area contributed by atoms with Crippen molar-refractivity contribution in [2.45, 2.75) is 18.9 Å². The molecule has 0 spiro atoms. The quantitative estimate of drug-likeness (QED) is 0.729. The van der Waals surface area contributed by atoms with E-state index in [4.69, 9.17) is 11.6 Å². The highest BCUT2D eigenvalue weighted by atomic mass is 35.5. The standard InChI is InChI=1S/C19H16ClN3/c20-15-6-3-5-14(10-15)18-11-19(22-12-21-18)17-9-8-13-4-1-2-7-16(13)23-17/h1-7,10-12,17,23H,8-9H2. The van der Waals surface area contributed by atoms with Crippen molar-refractivity contribution in [1.82, 2.24) is 9.97 Å². The van der Waals surface area contributed by atoms with Crippen molar-refractivity contribution in [2.75, 3.05) is 5.32 Å². The smallest absolute Gasteiger partial charge is 0.116 e. The number of para-hydroxylation sites is 1. The topological polar surface area (TPSA) is 37.8 Å². The van der Waals surface area contributed by atoms with Gasteiger partial charge in [-0.15, -0.1) is 0 Å². The molecule has 2 aromatic carbocycles. The third-order valence-electron chi connectivity index (χ3n) is 4.22. The van der Waals surface area contributed by atoms with Gasteiger partial charge in [0.1, 0.15) is 6.33 Å². The third-order valence-corrected chi connectivity index (χ3v) is 4.45. The lowest BCUT2D eigenvalue weighted by Crippen LogP contribution is -2.19. The molecule has 2 heterocycles. The molecule has 0 fully saturated rings. The van der Waals surface area contributed by atoms with E-state index in [1.165, 1.54) is 11.3 Å². The monoisotopic (exact) mass is 321 g/mol. The van der Waals surface area contributed by atoms with Gasteiger partial charge in [0.2, 0.25) is 0 Å². The van der Waals surface area contributed by atoms with Crippen molar-refractivity contribution in [3.05, 3.63) is 77.2 Å². The lowest BCUT2D eigenvalue weighted by atomic mass is 9.95. The van der Waals surface area contributed by atoms with Gasteiger partial charge >= 0.3 is 0 Å². The molecule has 0 bridgehead atoms. The van der Waals surface area contributed by atoms with E-state index in [1.807, 2.05) is 24.3 Å². The minimum Gasteiger partial charge on any atom is -0.376 e. The molecule has 1 aromatic heterocycles. The second kappa shape index (κ2) is 6.01. The van der Waals surface area contributed by atoms with Gasteiger partial charge in [0, 0.05) is 16.3 Å². The van der Waals surface area contributed by atoms with Crippen molar-refractivity contribution in [3.63, 3.8) is 0 Å². The number of nitrogens with zero attached hydrogens (tertiary/aromatic N) is 2. The van der Waals surface area contributed by atoms with Crippen molar-refractivity contribution in [3.8, 4) is 11.3 Å². The summed E-state index contributed by atoms with van der Waals surface area (Å²) in [5.41, 5.74) is 5.50. The van der Waals surface area contributed by atoms with Crippen LogP contribution in [0.3, 0.4) is 0 Å². The molecule has 0 amide bonds. The first kappa shape index (κ1) is 14.2. The van der Waals surface area contributed by atoms with Crippen LogP contribution in [0.15, 0.2) is 60.9 Å². The number of anilines is 1. The molecule has 23 heavy (non-hydrogen) atoms. The lowest BCUT2D eigenvalue weighted by molar-refractivity contribution is 0.649. The van der Waals surface area contributed by atoms with Gasteiger partial charge in [-0.2, -0.15) is 0 Å².